The van der Waals surface area contributed by atoms with Crippen LogP contribution in [-0.2, 0) is 14.6 Å². The van der Waals surface area contributed by atoms with Crippen LogP contribution in [0.4, 0.5) is 5.69 Å². The van der Waals surface area contributed by atoms with Crippen molar-refractivity contribution >= 4 is 39.0 Å². The van der Waals surface area contributed by atoms with Crippen LogP contribution < -0.4 is 10.6 Å². The number of fused-ring (bicyclic) bond motifs is 1. The zero-order chi connectivity index (χ0) is 23.8. The second kappa shape index (κ2) is 9.12. The minimum Gasteiger partial charge on any atom is -0.390 e. The first-order chi connectivity index (χ1) is 15.6. The largest absolute Gasteiger partial charge is 0.390 e. The third-order valence-electron chi connectivity index (χ3n) is 6.11. The van der Waals surface area contributed by atoms with E-state index in [0.717, 1.165) is 11.3 Å². The van der Waals surface area contributed by atoms with Gasteiger partial charge in [0.15, 0.2) is 9.84 Å². The van der Waals surface area contributed by atoms with Gasteiger partial charge in [-0.25, -0.2) is 8.42 Å². The molecule has 1 saturated heterocycles. The number of H-pyrrole nitrogens is 1. The number of β-amino-alcohol motifs (C(OH)–C–C–N with tert-alkyl or cyclic N) is 1. The van der Waals surface area contributed by atoms with Gasteiger partial charge in [-0.3, -0.25) is 14.5 Å². The van der Waals surface area contributed by atoms with Crippen molar-refractivity contribution in [1.82, 2.24) is 15.2 Å². The van der Waals surface area contributed by atoms with Gasteiger partial charge in [0.1, 0.15) is 0 Å². The number of aliphatic hydroxyl groups excluding tert-OH is 1. The van der Waals surface area contributed by atoms with E-state index in [0.29, 0.717) is 47.7 Å². The molecule has 4 N–H and O–H groups in total. The lowest BCUT2D eigenvalue weighted by atomic mass is 10.0. The highest BCUT2D eigenvalue weighted by Gasteiger charge is 2.26. The molecule has 0 saturated carbocycles. The number of aromatic nitrogens is 1. The Labute approximate surface area is 192 Å². The van der Waals surface area contributed by atoms with E-state index < -0.39 is 15.9 Å². The lowest BCUT2D eigenvalue weighted by molar-refractivity contribution is -0.110. The Bertz CT molecular complexity index is 1220. The third kappa shape index (κ3) is 5.02. The predicted molar refractivity (Wildman–Crippen MR) is 127 cm³/mol. The molecule has 2 aliphatic rings. The summed E-state index contributed by atoms with van der Waals surface area (Å²) in [6.07, 6.45) is 0.939. The summed E-state index contributed by atoms with van der Waals surface area (Å²) in [4.78, 5) is 30.3. The molecule has 1 aromatic carbocycles. The van der Waals surface area contributed by atoms with Crippen molar-refractivity contribution in [3.05, 3.63) is 52.3 Å². The summed E-state index contributed by atoms with van der Waals surface area (Å²) in [5, 5.41) is 15.9. The number of rotatable bonds is 6. The highest BCUT2D eigenvalue weighted by molar-refractivity contribution is 7.91. The summed E-state index contributed by atoms with van der Waals surface area (Å²) in [6.45, 7) is 4.73. The number of nitrogens with zero attached hydrogens (tertiary/aromatic N) is 1. The van der Waals surface area contributed by atoms with Crippen LogP contribution in [0.2, 0.25) is 0 Å². The van der Waals surface area contributed by atoms with Gasteiger partial charge in [-0.15, -0.1) is 0 Å². The van der Waals surface area contributed by atoms with Crippen molar-refractivity contribution in [3.63, 3.8) is 0 Å². The standard InChI is InChI=1S/C23H28N4O5S/c1-14-20(11-18-17-5-3-4-6-19(17)26-22(18)29)25-15(2)21(14)23(30)24-12-16(28)13-27-7-9-33(31,32)10-8-27/h3-6,11,16,25,28H,7-10,12-13H2,1-2H3,(H,24,30)(H,26,29). The summed E-state index contributed by atoms with van der Waals surface area (Å²) in [5.41, 5.74) is 4.63. The highest BCUT2D eigenvalue weighted by Crippen LogP contribution is 2.33. The fourth-order valence-electron chi connectivity index (χ4n) is 4.28. The molecule has 0 radical (unpaired) electrons. The molecular formula is C23H28N4O5S. The molecule has 1 aromatic heterocycles. The van der Waals surface area contributed by atoms with E-state index in [-0.39, 0.29) is 29.9 Å². The Morgan fingerprint density at radius 1 is 1.24 bits per heavy atom. The van der Waals surface area contributed by atoms with Gasteiger partial charge in [0.25, 0.3) is 11.8 Å². The zero-order valence-corrected chi connectivity index (χ0v) is 19.5. The number of carbonyl (C=O) groups excluding carboxylic acids is 2. The Hall–Kier alpha value is -2.95. The monoisotopic (exact) mass is 472 g/mol. The number of hydrogen-bond acceptors (Lipinski definition) is 6. The number of aryl methyl sites for hydroxylation is 1. The predicted octanol–water partition coefficient (Wildman–Crippen LogP) is 0.945. The Morgan fingerprint density at radius 2 is 1.94 bits per heavy atom. The van der Waals surface area contributed by atoms with E-state index in [1.54, 1.807) is 13.0 Å². The van der Waals surface area contributed by atoms with Gasteiger partial charge in [-0.05, 0) is 31.6 Å². The van der Waals surface area contributed by atoms with Gasteiger partial charge in [0.05, 0.1) is 28.7 Å². The van der Waals surface area contributed by atoms with Gasteiger partial charge in [0, 0.05) is 48.8 Å². The van der Waals surface area contributed by atoms with E-state index in [1.165, 1.54) is 0 Å². The Balaban J connectivity index is 1.42. The van der Waals surface area contributed by atoms with Crippen LogP contribution in [0.15, 0.2) is 24.3 Å². The molecule has 33 heavy (non-hydrogen) atoms. The average molecular weight is 473 g/mol. The SMILES string of the molecule is Cc1[nH]c(C=C2C(=O)Nc3ccccc32)c(C)c1C(=O)NCC(O)CN1CCS(=O)(=O)CC1. The number of amides is 2. The molecule has 0 bridgehead atoms. The number of aliphatic hydroxyl groups is 1. The van der Waals surface area contributed by atoms with Crippen LogP contribution in [0.25, 0.3) is 11.6 Å². The lowest BCUT2D eigenvalue weighted by Crippen LogP contribution is -2.46. The smallest absolute Gasteiger partial charge is 0.256 e. The number of sulfone groups is 1. The van der Waals surface area contributed by atoms with Crippen LogP contribution in [0.3, 0.4) is 0 Å². The summed E-state index contributed by atoms with van der Waals surface area (Å²) in [6, 6.07) is 7.44. The number of benzene rings is 1. The number of para-hydroxylation sites is 1. The fourth-order valence-corrected chi connectivity index (χ4v) is 5.56. The molecule has 176 valence electrons. The maximum absolute atomic E-state index is 12.8. The van der Waals surface area contributed by atoms with E-state index in [2.05, 4.69) is 15.6 Å². The van der Waals surface area contributed by atoms with Gasteiger partial charge in [-0.1, -0.05) is 18.2 Å². The normalized spacial score (nSPS) is 19.8. The molecule has 1 unspecified atom stereocenters. The van der Waals surface area contributed by atoms with Gasteiger partial charge in [-0.2, -0.15) is 0 Å². The molecule has 0 spiro atoms. The number of aromatic amines is 1. The number of nitrogens with one attached hydrogen (secondary N) is 3. The van der Waals surface area contributed by atoms with Crippen LogP contribution in [0.5, 0.6) is 0 Å². The molecular weight excluding hydrogens is 444 g/mol. The van der Waals surface area contributed by atoms with Crippen LogP contribution >= 0.6 is 0 Å². The quantitative estimate of drug-likeness (QED) is 0.463. The van der Waals surface area contributed by atoms with Gasteiger partial charge >= 0.3 is 0 Å². The Morgan fingerprint density at radius 3 is 2.67 bits per heavy atom. The van der Waals surface area contributed by atoms with Crippen molar-refractivity contribution < 1.29 is 23.1 Å². The summed E-state index contributed by atoms with van der Waals surface area (Å²) >= 11 is 0. The van der Waals surface area contributed by atoms with Crippen molar-refractivity contribution in [2.75, 3.05) is 43.0 Å². The summed E-state index contributed by atoms with van der Waals surface area (Å²) in [7, 11) is -2.98. The first-order valence-electron chi connectivity index (χ1n) is 10.9. The van der Waals surface area contributed by atoms with E-state index in [4.69, 9.17) is 0 Å². The Kier molecular flexibility index (Phi) is 6.42. The second-order valence-corrected chi connectivity index (χ2v) is 10.8. The molecule has 2 aromatic rings. The fraction of sp³-hybridized carbons (Fsp3) is 0.391. The molecule has 1 atom stereocenters. The van der Waals surface area contributed by atoms with Gasteiger partial charge in [0.2, 0.25) is 0 Å². The molecule has 3 heterocycles. The number of anilines is 1. The minimum atomic E-state index is -2.98. The molecule has 2 aliphatic heterocycles. The van der Waals surface area contributed by atoms with Crippen LogP contribution in [0, 0.1) is 13.8 Å². The van der Waals surface area contributed by atoms with E-state index >= 15 is 0 Å². The molecule has 2 amide bonds. The first-order valence-corrected chi connectivity index (χ1v) is 12.7. The summed E-state index contributed by atoms with van der Waals surface area (Å²) < 4.78 is 23.1. The average Bonchev–Trinajstić information content (AvgIpc) is 3.23. The molecule has 0 aliphatic carbocycles. The number of hydrogen-bond donors (Lipinski definition) is 4. The molecule has 10 heteroatoms. The lowest BCUT2D eigenvalue weighted by Gasteiger charge is -2.28. The topological polar surface area (TPSA) is 132 Å². The number of carbonyl (C=O) groups is 2. The van der Waals surface area contributed by atoms with Crippen molar-refractivity contribution in [3.8, 4) is 0 Å². The van der Waals surface area contributed by atoms with E-state index in [1.807, 2.05) is 36.1 Å². The zero-order valence-electron chi connectivity index (χ0n) is 18.6. The van der Waals surface area contributed by atoms with E-state index in [9.17, 15) is 23.1 Å². The maximum Gasteiger partial charge on any atom is 0.256 e. The molecule has 9 nitrogen and oxygen atoms in total. The highest BCUT2D eigenvalue weighted by atomic mass is 32.2. The van der Waals surface area contributed by atoms with Crippen LogP contribution in [-0.4, -0.2) is 79.0 Å². The molecule has 4 rings (SSSR count). The summed E-state index contributed by atoms with van der Waals surface area (Å²) in [5.74, 6) is -0.326. The van der Waals surface area contributed by atoms with Crippen molar-refractivity contribution in [2.24, 2.45) is 0 Å². The first kappa shape index (κ1) is 23.2. The minimum absolute atomic E-state index is 0.0539. The maximum atomic E-state index is 12.8. The van der Waals surface area contributed by atoms with Gasteiger partial charge < -0.3 is 20.7 Å². The van der Waals surface area contributed by atoms with Crippen molar-refractivity contribution in [1.29, 1.82) is 0 Å². The third-order valence-corrected chi connectivity index (χ3v) is 7.72. The molecule has 1 fully saturated rings. The second-order valence-electron chi connectivity index (χ2n) is 8.54. The van der Waals surface area contributed by atoms with Crippen molar-refractivity contribution in [2.45, 2.75) is 20.0 Å². The van der Waals surface area contributed by atoms with Crippen LogP contribution in [0.1, 0.15) is 32.9 Å².